The SMILES string of the molecule is COc1ccccc1CCCCN1CCN(c2ccccc2)CC1. The third-order valence-corrected chi connectivity index (χ3v) is 4.86. The Bertz CT molecular complexity index is 606. The van der Waals surface area contributed by atoms with Crippen LogP contribution in [0.2, 0.25) is 0 Å². The van der Waals surface area contributed by atoms with Crippen LogP contribution in [-0.2, 0) is 6.42 Å². The van der Waals surface area contributed by atoms with E-state index in [9.17, 15) is 0 Å². The van der Waals surface area contributed by atoms with Crippen molar-refractivity contribution in [3.8, 4) is 5.75 Å². The molecular formula is C21H28N2O. The summed E-state index contributed by atoms with van der Waals surface area (Å²) in [6.45, 7) is 5.82. The Kier molecular flexibility index (Phi) is 6.13. The minimum Gasteiger partial charge on any atom is -0.496 e. The molecule has 3 nitrogen and oxygen atoms in total. The second-order valence-electron chi connectivity index (χ2n) is 6.43. The third kappa shape index (κ3) is 4.51. The van der Waals surface area contributed by atoms with Crippen molar-refractivity contribution >= 4 is 5.69 Å². The van der Waals surface area contributed by atoms with Gasteiger partial charge >= 0.3 is 0 Å². The van der Waals surface area contributed by atoms with Crippen LogP contribution in [0.4, 0.5) is 5.69 Å². The summed E-state index contributed by atoms with van der Waals surface area (Å²) < 4.78 is 5.43. The Morgan fingerprint density at radius 3 is 2.29 bits per heavy atom. The van der Waals surface area contributed by atoms with E-state index >= 15 is 0 Å². The van der Waals surface area contributed by atoms with Crippen LogP contribution < -0.4 is 9.64 Å². The first kappa shape index (κ1) is 16.8. The Hall–Kier alpha value is -2.00. The lowest BCUT2D eigenvalue weighted by Crippen LogP contribution is -2.46. The summed E-state index contributed by atoms with van der Waals surface area (Å²) in [6.07, 6.45) is 3.58. The lowest BCUT2D eigenvalue weighted by molar-refractivity contribution is 0.253. The van der Waals surface area contributed by atoms with Gasteiger partial charge in [0.15, 0.2) is 0 Å². The molecule has 128 valence electrons. The number of hydrogen-bond acceptors (Lipinski definition) is 3. The molecule has 1 aliphatic rings. The van der Waals surface area contributed by atoms with Crippen LogP contribution in [0.1, 0.15) is 18.4 Å². The first-order chi connectivity index (χ1) is 11.9. The van der Waals surface area contributed by atoms with E-state index in [0.29, 0.717) is 0 Å². The number of aryl methyl sites for hydroxylation is 1. The van der Waals surface area contributed by atoms with Gasteiger partial charge in [0.1, 0.15) is 5.75 Å². The standard InChI is InChI=1S/C21H28N2O/c1-24-21-13-6-5-9-19(21)10-7-8-14-22-15-17-23(18-16-22)20-11-3-2-4-12-20/h2-6,9,11-13H,7-8,10,14-18H2,1H3. The van der Waals surface area contributed by atoms with Gasteiger partial charge in [-0.05, 0) is 49.6 Å². The van der Waals surface area contributed by atoms with Crippen LogP contribution in [-0.4, -0.2) is 44.7 Å². The first-order valence-corrected chi connectivity index (χ1v) is 9.01. The molecule has 3 rings (SSSR count). The summed E-state index contributed by atoms with van der Waals surface area (Å²) in [5.74, 6) is 1.02. The lowest BCUT2D eigenvalue weighted by atomic mass is 10.1. The zero-order chi connectivity index (χ0) is 16.6. The molecule has 0 bridgehead atoms. The first-order valence-electron chi connectivity index (χ1n) is 9.01. The number of methoxy groups -OCH3 is 1. The van der Waals surface area contributed by atoms with E-state index in [1.165, 1.54) is 43.7 Å². The zero-order valence-corrected chi connectivity index (χ0v) is 14.7. The summed E-state index contributed by atoms with van der Waals surface area (Å²) in [4.78, 5) is 5.09. The van der Waals surface area contributed by atoms with Gasteiger partial charge in [0, 0.05) is 31.9 Å². The van der Waals surface area contributed by atoms with Crippen molar-refractivity contribution in [3.05, 3.63) is 60.2 Å². The van der Waals surface area contributed by atoms with Crippen LogP contribution >= 0.6 is 0 Å². The van der Waals surface area contributed by atoms with Gasteiger partial charge in [-0.1, -0.05) is 36.4 Å². The number of nitrogens with zero attached hydrogens (tertiary/aromatic N) is 2. The number of hydrogen-bond donors (Lipinski definition) is 0. The van der Waals surface area contributed by atoms with Crippen LogP contribution in [0.5, 0.6) is 5.75 Å². The Morgan fingerprint density at radius 1 is 0.833 bits per heavy atom. The predicted molar refractivity (Wildman–Crippen MR) is 101 cm³/mol. The Morgan fingerprint density at radius 2 is 1.54 bits per heavy atom. The van der Waals surface area contributed by atoms with Crippen molar-refractivity contribution < 1.29 is 4.74 Å². The number of unbranched alkanes of at least 4 members (excludes halogenated alkanes) is 1. The summed E-state index contributed by atoms with van der Waals surface area (Å²) in [6, 6.07) is 19.1. The quantitative estimate of drug-likeness (QED) is 0.720. The normalized spacial score (nSPS) is 15.5. The number of para-hydroxylation sites is 2. The van der Waals surface area contributed by atoms with Gasteiger partial charge < -0.3 is 9.64 Å². The highest BCUT2D eigenvalue weighted by Gasteiger charge is 2.16. The van der Waals surface area contributed by atoms with Crippen molar-refractivity contribution in [1.29, 1.82) is 0 Å². The number of piperazine rings is 1. The molecule has 0 aromatic heterocycles. The molecule has 0 radical (unpaired) electrons. The molecule has 0 aliphatic carbocycles. The molecule has 0 N–H and O–H groups in total. The van der Waals surface area contributed by atoms with Crippen LogP contribution in [0.15, 0.2) is 54.6 Å². The van der Waals surface area contributed by atoms with E-state index in [1.807, 2.05) is 6.07 Å². The smallest absolute Gasteiger partial charge is 0.122 e. The predicted octanol–water partition coefficient (Wildman–Crippen LogP) is 3.84. The van der Waals surface area contributed by atoms with E-state index in [0.717, 1.165) is 25.3 Å². The van der Waals surface area contributed by atoms with Crippen molar-refractivity contribution in [2.45, 2.75) is 19.3 Å². The van der Waals surface area contributed by atoms with E-state index in [2.05, 4.69) is 58.3 Å². The maximum atomic E-state index is 5.43. The van der Waals surface area contributed by atoms with E-state index < -0.39 is 0 Å². The highest BCUT2D eigenvalue weighted by atomic mass is 16.5. The maximum absolute atomic E-state index is 5.43. The molecule has 0 unspecified atom stereocenters. The molecule has 3 heteroatoms. The molecule has 0 atom stereocenters. The van der Waals surface area contributed by atoms with Crippen molar-refractivity contribution in [3.63, 3.8) is 0 Å². The minimum absolute atomic E-state index is 1.02. The number of ether oxygens (including phenoxy) is 1. The summed E-state index contributed by atoms with van der Waals surface area (Å²) >= 11 is 0. The largest absolute Gasteiger partial charge is 0.496 e. The molecule has 1 heterocycles. The van der Waals surface area contributed by atoms with Crippen molar-refractivity contribution in [1.82, 2.24) is 4.90 Å². The van der Waals surface area contributed by atoms with Gasteiger partial charge in [-0.3, -0.25) is 4.90 Å². The molecule has 0 spiro atoms. The molecule has 0 amide bonds. The van der Waals surface area contributed by atoms with Gasteiger partial charge in [-0.15, -0.1) is 0 Å². The van der Waals surface area contributed by atoms with Crippen LogP contribution in [0, 0.1) is 0 Å². The monoisotopic (exact) mass is 324 g/mol. The third-order valence-electron chi connectivity index (χ3n) is 4.86. The maximum Gasteiger partial charge on any atom is 0.122 e. The van der Waals surface area contributed by atoms with Crippen LogP contribution in [0.3, 0.4) is 0 Å². The van der Waals surface area contributed by atoms with Gasteiger partial charge in [-0.2, -0.15) is 0 Å². The van der Waals surface area contributed by atoms with Gasteiger partial charge in [0.25, 0.3) is 0 Å². The second kappa shape index (κ2) is 8.74. The summed E-state index contributed by atoms with van der Waals surface area (Å²) in [7, 11) is 1.76. The molecular weight excluding hydrogens is 296 g/mol. The molecule has 2 aromatic rings. The lowest BCUT2D eigenvalue weighted by Gasteiger charge is -2.36. The minimum atomic E-state index is 1.02. The second-order valence-corrected chi connectivity index (χ2v) is 6.43. The van der Waals surface area contributed by atoms with E-state index in [4.69, 9.17) is 4.74 Å². The van der Waals surface area contributed by atoms with Gasteiger partial charge in [0.05, 0.1) is 7.11 Å². The topological polar surface area (TPSA) is 15.7 Å². The van der Waals surface area contributed by atoms with E-state index in [-0.39, 0.29) is 0 Å². The molecule has 0 saturated carbocycles. The summed E-state index contributed by atoms with van der Waals surface area (Å²) in [5.41, 5.74) is 2.68. The van der Waals surface area contributed by atoms with Gasteiger partial charge in [-0.25, -0.2) is 0 Å². The average molecular weight is 324 g/mol. The number of anilines is 1. The van der Waals surface area contributed by atoms with Gasteiger partial charge in [0.2, 0.25) is 0 Å². The molecule has 24 heavy (non-hydrogen) atoms. The fraction of sp³-hybridized carbons (Fsp3) is 0.429. The van der Waals surface area contributed by atoms with Crippen molar-refractivity contribution in [2.75, 3.05) is 44.7 Å². The number of benzene rings is 2. The fourth-order valence-electron chi connectivity index (χ4n) is 3.43. The average Bonchev–Trinajstić information content (AvgIpc) is 2.67. The Labute approximate surface area is 145 Å². The molecule has 1 fully saturated rings. The molecule has 2 aromatic carbocycles. The highest BCUT2D eigenvalue weighted by Crippen LogP contribution is 2.20. The van der Waals surface area contributed by atoms with Crippen LogP contribution in [0.25, 0.3) is 0 Å². The highest BCUT2D eigenvalue weighted by molar-refractivity contribution is 5.46. The molecule has 1 aliphatic heterocycles. The summed E-state index contributed by atoms with van der Waals surface area (Å²) in [5, 5.41) is 0. The zero-order valence-electron chi connectivity index (χ0n) is 14.7. The number of rotatable bonds is 7. The van der Waals surface area contributed by atoms with E-state index in [1.54, 1.807) is 7.11 Å². The fourth-order valence-corrected chi connectivity index (χ4v) is 3.43. The molecule has 1 saturated heterocycles. The Balaban J connectivity index is 1.37. The van der Waals surface area contributed by atoms with Crippen molar-refractivity contribution in [2.24, 2.45) is 0 Å².